The molecule has 2 aliphatic heterocycles. The van der Waals surface area contributed by atoms with Crippen molar-refractivity contribution in [3.8, 4) is 0 Å². The summed E-state index contributed by atoms with van der Waals surface area (Å²) in [5.41, 5.74) is 10.3. The lowest BCUT2D eigenvalue weighted by Gasteiger charge is -2.22. The van der Waals surface area contributed by atoms with Crippen LogP contribution in [-0.2, 0) is 52.7 Å². The number of hydrogen-bond donors (Lipinski definition) is 7. The van der Waals surface area contributed by atoms with Crippen molar-refractivity contribution in [1.82, 2.24) is 26.6 Å². The molecule has 0 bridgehead atoms. The van der Waals surface area contributed by atoms with E-state index in [2.05, 4.69) is 26.6 Å². The van der Waals surface area contributed by atoms with Crippen molar-refractivity contribution in [2.45, 2.75) is 51.0 Å². The number of carbonyl (C=O) groups excluding carboxylic acids is 11. The molecule has 0 spiro atoms. The van der Waals surface area contributed by atoms with Crippen molar-refractivity contribution in [2.75, 3.05) is 72.7 Å². The lowest BCUT2D eigenvalue weighted by Crippen LogP contribution is -2.46. The van der Waals surface area contributed by atoms with Crippen molar-refractivity contribution in [2.24, 2.45) is 35.1 Å². The third-order valence-electron chi connectivity index (χ3n) is 8.78. The van der Waals surface area contributed by atoms with Gasteiger partial charge >= 0.3 is 0 Å². The molecule has 0 aromatic heterocycles. The molecule has 2 rings (SSSR count). The highest BCUT2D eigenvalue weighted by molar-refractivity contribution is 8.00. The normalized spacial score (nSPS) is 18.3. The minimum absolute atomic E-state index is 0.0126. The van der Waals surface area contributed by atoms with Gasteiger partial charge in [0.25, 0.3) is 0 Å². The molecule has 2 heterocycles. The number of Topliss-reactive ketones (excluding diaryl/α,β-unsaturated/α-hetero) is 4. The quantitative estimate of drug-likeness (QED) is 0.0438. The summed E-state index contributed by atoms with van der Waals surface area (Å²) in [5, 5.41) is 12.7. The van der Waals surface area contributed by atoms with Crippen molar-refractivity contribution in [1.29, 1.82) is 0 Å². The standard InChI is InChI=1S/C35H53N7O11S4/c1-38-35(53)26(42-32(50)19-57-15-23(34(52)41-11-30(37)48)9-28(46)21-7-25(44)17-55-13-21)4-2-3-5-39-31(49)18-56-14-22(33(51)40-10-29(36)47)8-27(45)20-6-24(43)16-54-12-20/h20-23,26H,2-19H2,1H3,(H2,36,47)(H2,37,48)(H,38,53)(H,39,49)(H,40,51)(H,41,52)(H,42,50). The van der Waals surface area contributed by atoms with Gasteiger partial charge in [0.1, 0.15) is 29.2 Å². The first-order chi connectivity index (χ1) is 27.1. The van der Waals surface area contributed by atoms with Gasteiger partial charge in [-0.3, -0.25) is 52.7 Å². The molecule has 57 heavy (non-hydrogen) atoms. The maximum absolute atomic E-state index is 12.9. The minimum atomic E-state index is -0.878. The third kappa shape index (κ3) is 20.6. The summed E-state index contributed by atoms with van der Waals surface area (Å²) in [4.78, 5) is 135. The van der Waals surface area contributed by atoms with Crippen LogP contribution in [0, 0.1) is 23.7 Å². The zero-order valence-corrected chi connectivity index (χ0v) is 35.2. The average molecular weight is 876 g/mol. The van der Waals surface area contributed by atoms with Crippen LogP contribution in [0.25, 0.3) is 0 Å². The smallest absolute Gasteiger partial charge is 0.242 e. The number of hydrogen-bond acceptors (Lipinski definition) is 15. The maximum atomic E-state index is 12.9. The van der Waals surface area contributed by atoms with E-state index >= 15 is 0 Å². The van der Waals surface area contributed by atoms with Crippen LogP contribution in [0.15, 0.2) is 0 Å². The maximum Gasteiger partial charge on any atom is 0.242 e. The van der Waals surface area contributed by atoms with Crippen LogP contribution in [0.4, 0.5) is 0 Å². The lowest BCUT2D eigenvalue weighted by atomic mass is 9.92. The first kappa shape index (κ1) is 49.5. The summed E-state index contributed by atoms with van der Waals surface area (Å²) in [5.74, 6) is -5.39. The lowest BCUT2D eigenvalue weighted by molar-refractivity contribution is -0.132. The van der Waals surface area contributed by atoms with E-state index in [1.165, 1.54) is 30.6 Å². The van der Waals surface area contributed by atoms with Crippen LogP contribution in [0.5, 0.6) is 0 Å². The fourth-order valence-corrected chi connectivity index (χ4v) is 9.76. The van der Waals surface area contributed by atoms with E-state index in [4.69, 9.17) is 11.5 Å². The molecule has 7 amide bonds. The minimum Gasteiger partial charge on any atom is -0.368 e. The molecule has 22 heteroatoms. The summed E-state index contributed by atoms with van der Waals surface area (Å²) in [6.07, 6.45) is 1.12. The Hall–Kier alpha value is -3.63. The summed E-state index contributed by atoms with van der Waals surface area (Å²) in [6.45, 7) is -0.548. The number of unbranched alkanes of at least 4 members (excludes halogenated alkanes) is 1. The van der Waals surface area contributed by atoms with Crippen LogP contribution in [0.2, 0.25) is 0 Å². The fourth-order valence-electron chi connectivity index (χ4n) is 5.76. The topological polar surface area (TPSA) is 300 Å². The molecule has 2 saturated heterocycles. The molecule has 0 radical (unpaired) electrons. The number of nitrogens with one attached hydrogen (secondary N) is 5. The molecule has 5 unspecified atom stereocenters. The summed E-state index contributed by atoms with van der Waals surface area (Å²) in [6, 6.07) is -0.877. The Morgan fingerprint density at radius 1 is 0.684 bits per heavy atom. The van der Waals surface area contributed by atoms with Crippen molar-refractivity contribution in [3.05, 3.63) is 0 Å². The molecule has 9 N–H and O–H groups in total. The van der Waals surface area contributed by atoms with Crippen LogP contribution >= 0.6 is 47.0 Å². The highest BCUT2D eigenvalue weighted by Crippen LogP contribution is 2.26. The predicted octanol–water partition coefficient (Wildman–Crippen LogP) is -2.03. The molecule has 0 saturated carbocycles. The molecule has 0 aliphatic carbocycles. The number of nitrogens with two attached hydrogens (primary N) is 2. The van der Waals surface area contributed by atoms with Gasteiger partial charge in [0, 0.05) is 74.1 Å². The molecular weight excluding hydrogens is 823 g/mol. The fraction of sp³-hybridized carbons (Fsp3) is 0.686. The number of primary amides is 2. The Labute approximate surface area is 348 Å². The molecule has 2 fully saturated rings. The Morgan fingerprint density at radius 2 is 1.16 bits per heavy atom. The van der Waals surface area contributed by atoms with E-state index in [0.717, 1.165) is 23.5 Å². The highest BCUT2D eigenvalue weighted by Gasteiger charge is 2.32. The van der Waals surface area contributed by atoms with Crippen LogP contribution < -0.4 is 38.1 Å². The molecule has 18 nitrogen and oxygen atoms in total. The van der Waals surface area contributed by atoms with Gasteiger partial charge in [0.15, 0.2) is 0 Å². The van der Waals surface area contributed by atoms with Crippen LogP contribution in [0.3, 0.4) is 0 Å². The Balaban J connectivity index is 1.79. The number of thioether (sulfide) groups is 4. The number of amides is 7. The molecule has 5 atom stereocenters. The number of rotatable bonds is 27. The Bertz CT molecular complexity index is 1500. The van der Waals surface area contributed by atoms with Gasteiger partial charge in [-0.25, -0.2) is 0 Å². The van der Waals surface area contributed by atoms with Crippen LogP contribution in [-0.4, -0.2) is 143 Å². The summed E-state index contributed by atoms with van der Waals surface area (Å²) in [7, 11) is 1.43. The van der Waals surface area contributed by atoms with E-state index in [1.807, 2.05) is 0 Å². The van der Waals surface area contributed by atoms with Crippen molar-refractivity contribution >= 4 is 112 Å². The zero-order valence-electron chi connectivity index (χ0n) is 31.9. The molecule has 0 aromatic rings. The van der Waals surface area contributed by atoms with Gasteiger partial charge in [-0.2, -0.15) is 47.0 Å². The van der Waals surface area contributed by atoms with E-state index in [0.29, 0.717) is 35.9 Å². The van der Waals surface area contributed by atoms with Gasteiger partial charge in [-0.1, -0.05) is 0 Å². The van der Waals surface area contributed by atoms with E-state index in [1.54, 1.807) is 0 Å². The predicted molar refractivity (Wildman–Crippen MR) is 219 cm³/mol. The monoisotopic (exact) mass is 875 g/mol. The zero-order chi connectivity index (χ0) is 42.3. The van der Waals surface area contributed by atoms with Crippen molar-refractivity contribution in [3.63, 3.8) is 0 Å². The third-order valence-corrected chi connectivity index (χ3v) is 13.3. The van der Waals surface area contributed by atoms with Gasteiger partial charge in [0.05, 0.1) is 47.9 Å². The first-order valence-corrected chi connectivity index (χ1v) is 23.0. The van der Waals surface area contributed by atoms with Gasteiger partial charge in [0.2, 0.25) is 41.4 Å². The van der Waals surface area contributed by atoms with Gasteiger partial charge in [-0.15, -0.1) is 0 Å². The first-order valence-electron chi connectivity index (χ1n) is 18.4. The molecular formula is C35H53N7O11S4. The summed E-state index contributed by atoms with van der Waals surface area (Å²) >= 11 is 4.95. The van der Waals surface area contributed by atoms with Gasteiger partial charge in [-0.05, 0) is 19.3 Å². The second-order valence-electron chi connectivity index (χ2n) is 13.6. The Kier molecular flexibility index (Phi) is 23.6. The SMILES string of the molecule is CNC(=O)C(CCCCNC(=O)CSCC(CC(=O)C1CSCC(=O)C1)C(=O)NCC(N)=O)NC(=O)CSCC(CC(=O)C1CSCC(=O)C1)C(=O)NCC(N)=O. The van der Waals surface area contributed by atoms with E-state index in [9.17, 15) is 52.7 Å². The van der Waals surface area contributed by atoms with Crippen molar-refractivity contribution < 1.29 is 52.7 Å². The molecule has 2 aliphatic rings. The molecule has 318 valence electrons. The van der Waals surface area contributed by atoms with E-state index in [-0.39, 0.29) is 90.7 Å². The number of ketones is 4. The second-order valence-corrected chi connectivity index (χ2v) is 17.7. The van der Waals surface area contributed by atoms with E-state index < -0.39 is 78.2 Å². The highest BCUT2D eigenvalue weighted by atomic mass is 32.2. The summed E-state index contributed by atoms with van der Waals surface area (Å²) < 4.78 is 0. The van der Waals surface area contributed by atoms with Gasteiger partial charge < -0.3 is 38.1 Å². The second kappa shape index (κ2) is 27.1. The number of likely N-dealkylation sites (N-methyl/N-ethyl adjacent to an activating group) is 1. The largest absolute Gasteiger partial charge is 0.368 e. The Morgan fingerprint density at radius 3 is 1.60 bits per heavy atom. The van der Waals surface area contributed by atoms with Crippen LogP contribution in [0.1, 0.15) is 44.9 Å². The number of carbonyl (C=O) groups is 11. The molecule has 0 aromatic carbocycles. The average Bonchev–Trinajstić information content (AvgIpc) is 3.17.